The van der Waals surface area contributed by atoms with Crippen LogP contribution in [0.1, 0.15) is 20.3 Å². The maximum Gasteiger partial charge on any atom is 0.133 e. The van der Waals surface area contributed by atoms with Crippen molar-refractivity contribution >= 4 is 5.78 Å². The van der Waals surface area contributed by atoms with Gasteiger partial charge in [0.2, 0.25) is 0 Å². The predicted octanol–water partition coefficient (Wildman–Crippen LogP) is 1.15. The summed E-state index contributed by atoms with van der Waals surface area (Å²) in [6, 6.07) is 0. The largest absolute Gasteiger partial charge is 0.389 e. The fourth-order valence-corrected chi connectivity index (χ4v) is 1.53. The van der Waals surface area contributed by atoms with Crippen molar-refractivity contribution in [1.29, 1.82) is 0 Å². The number of Topliss-reactive ketones (excluding diaryl/α,β-unsaturated/α-hetero) is 1. The van der Waals surface area contributed by atoms with Crippen molar-refractivity contribution in [2.75, 3.05) is 0 Å². The average molecular weight is 154 g/mol. The zero-order valence-corrected chi connectivity index (χ0v) is 6.95. The summed E-state index contributed by atoms with van der Waals surface area (Å²) in [7, 11) is 0. The van der Waals surface area contributed by atoms with Crippen LogP contribution < -0.4 is 0 Å². The first-order chi connectivity index (χ1) is 5.11. The lowest BCUT2D eigenvalue weighted by atomic mass is 9.82. The van der Waals surface area contributed by atoms with Crippen LogP contribution in [0, 0.1) is 11.8 Å². The van der Waals surface area contributed by atoms with Gasteiger partial charge in [0.05, 0.1) is 6.10 Å². The van der Waals surface area contributed by atoms with Crippen LogP contribution in [0.2, 0.25) is 0 Å². The zero-order valence-electron chi connectivity index (χ0n) is 6.95. The molecule has 1 rings (SSSR count). The molecule has 2 nitrogen and oxygen atoms in total. The van der Waals surface area contributed by atoms with Crippen LogP contribution in [0.3, 0.4) is 0 Å². The molecule has 2 heteroatoms. The molecule has 11 heavy (non-hydrogen) atoms. The van der Waals surface area contributed by atoms with Gasteiger partial charge in [-0.05, 0) is 19.3 Å². The van der Waals surface area contributed by atoms with Gasteiger partial charge in [0.15, 0.2) is 0 Å². The van der Waals surface area contributed by atoms with E-state index >= 15 is 0 Å². The van der Waals surface area contributed by atoms with Crippen molar-refractivity contribution in [2.45, 2.75) is 26.4 Å². The Hall–Kier alpha value is -0.630. The molecular weight excluding hydrogens is 140 g/mol. The van der Waals surface area contributed by atoms with Crippen LogP contribution >= 0.6 is 0 Å². The molecule has 3 atom stereocenters. The Bertz CT molecular complexity index is 184. The molecule has 0 aromatic heterocycles. The molecule has 0 heterocycles. The number of carbonyl (C=O) groups excluding carboxylic acids is 1. The summed E-state index contributed by atoms with van der Waals surface area (Å²) < 4.78 is 0. The minimum absolute atomic E-state index is 0.0231. The summed E-state index contributed by atoms with van der Waals surface area (Å²) in [6.45, 7) is 3.60. The molecule has 62 valence electrons. The molecule has 0 radical (unpaired) electrons. The topological polar surface area (TPSA) is 37.3 Å². The number of hydrogen-bond donors (Lipinski definition) is 1. The molecule has 0 bridgehead atoms. The number of carbonyl (C=O) groups is 1. The molecule has 0 fully saturated rings. The second-order valence-corrected chi connectivity index (χ2v) is 3.26. The predicted molar refractivity (Wildman–Crippen MR) is 43.1 cm³/mol. The molecule has 1 aliphatic rings. The SMILES string of the molecule is CC(=O)[C@H]1C[C@@H](O)C=C[C@H]1C. The Morgan fingerprint density at radius 3 is 2.64 bits per heavy atom. The maximum absolute atomic E-state index is 11.0. The van der Waals surface area contributed by atoms with Gasteiger partial charge < -0.3 is 5.11 Å². The maximum atomic E-state index is 11.0. The third-order valence-corrected chi connectivity index (χ3v) is 2.29. The summed E-state index contributed by atoms with van der Waals surface area (Å²) >= 11 is 0. The van der Waals surface area contributed by atoms with Crippen LogP contribution in [-0.4, -0.2) is 17.0 Å². The van der Waals surface area contributed by atoms with Gasteiger partial charge in [-0.1, -0.05) is 19.1 Å². The zero-order chi connectivity index (χ0) is 8.43. The summed E-state index contributed by atoms with van der Waals surface area (Å²) in [4.78, 5) is 11.0. The van der Waals surface area contributed by atoms with Crippen LogP contribution in [0.4, 0.5) is 0 Å². The molecule has 0 amide bonds. The molecule has 0 aliphatic heterocycles. The first-order valence-corrected chi connectivity index (χ1v) is 3.98. The second-order valence-electron chi connectivity index (χ2n) is 3.26. The van der Waals surface area contributed by atoms with E-state index in [-0.39, 0.29) is 17.6 Å². The summed E-state index contributed by atoms with van der Waals surface area (Å²) in [5.41, 5.74) is 0. The summed E-state index contributed by atoms with van der Waals surface area (Å²) in [5, 5.41) is 9.21. The molecule has 0 spiro atoms. The highest BCUT2D eigenvalue weighted by molar-refractivity contribution is 5.79. The highest BCUT2D eigenvalue weighted by Gasteiger charge is 2.25. The van der Waals surface area contributed by atoms with Gasteiger partial charge in [0.25, 0.3) is 0 Å². The van der Waals surface area contributed by atoms with E-state index in [4.69, 9.17) is 0 Å². The van der Waals surface area contributed by atoms with Crippen molar-refractivity contribution in [3.8, 4) is 0 Å². The van der Waals surface area contributed by atoms with Gasteiger partial charge in [0.1, 0.15) is 5.78 Å². The van der Waals surface area contributed by atoms with Crippen LogP contribution in [0.5, 0.6) is 0 Å². The van der Waals surface area contributed by atoms with E-state index < -0.39 is 6.10 Å². The minimum atomic E-state index is -0.417. The quantitative estimate of drug-likeness (QED) is 0.575. The van der Waals surface area contributed by atoms with E-state index in [1.165, 1.54) is 0 Å². The van der Waals surface area contributed by atoms with Crippen molar-refractivity contribution in [2.24, 2.45) is 11.8 Å². The number of hydrogen-bond acceptors (Lipinski definition) is 2. The van der Waals surface area contributed by atoms with E-state index in [2.05, 4.69) is 0 Å². The van der Waals surface area contributed by atoms with E-state index in [0.29, 0.717) is 6.42 Å². The number of aliphatic hydroxyl groups is 1. The van der Waals surface area contributed by atoms with Crippen molar-refractivity contribution in [3.05, 3.63) is 12.2 Å². The molecule has 0 saturated carbocycles. The lowest BCUT2D eigenvalue weighted by molar-refractivity contribution is -0.122. The molecule has 0 aromatic rings. The first kappa shape index (κ1) is 8.47. The normalized spacial score (nSPS) is 37.2. The molecule has 0 aromatic carbocycles. The van der Waals surface area contributed by atoms with Crippen LogP contribution in [0.25, 0.3) is 0 Å². The Morgan fingerprint density at radius 1 is 1.55 bits per heavy atom. The highest BCUT2D eigenvalue weighted by atomic mass is 16.3. The summed E-state index contributed by atoms with van der Waals surface area (Å²) in [6.07, 6.45) is 3.86. The second kappa shape index (κ2) is 3.18. The van der Waals surface area contributed by atoms with E-state index in [9.17, 15) is 9.90 Å². The fraction of sp³-hybridized carbons (Fsp3) is 0.667. The van der Waals surface area contributed by atoms with Gasteiger partial charge in [-0.2, -0.15) is 0 Å². The van der Waals surface area contributed by atoms with Gasteiger partial charge in [-0.15, -0.1) is 0 Å². The van der Waals surface area contributed by atoms with Gasteiger partial charge in [-0.3, -0.25) is 4.79 Å². The lowest BCUT2D eigenvalue weighted by Gasteiger charge is -2.24. The van der Waals surface area contributed by atoms with E-state index in [0.717, 1.165) is 0 Å². The molecule has 1 N–H and O–H groups in total. The molecule has 0 unspecified atom stereocenters. The van der Waals surface area contributed by atoms with Crippen molar-refractivity contribution in [3.63, 3.8) is 0 Å². The number of allylic oxidation sites excluding steroid dienone is 1. The smallest absolute Gasteiger partial charge is 0.133 e. The minimum Gasteiger partial charge on any atom is -0.389 e. The van der Waals surface area contributed by atoms with E-state index in [1.54, 1.807) is 13.0 Å². The molecule has 1 aliphatic carbocycles. The van der Waals surface area contributed by atoms with Crippen molar-refractivity contribution < 1.29 is 9.90 Å². The van der Waals surface area contributed by atoms with Gasteiger partial charge >= 0.3 is 0 Å². The van der Waals surface area contributed by atoms with Gasteiger partial charge in [-0.25, -0.2) is 0 Å². The fourth-order valence-electron chi connectivity index (χ4n) is 1.53. The Kier molecular flexibility index (Phi) is 2.45. The number of ketones is 1. The van der Waals surface area contributed by atoms with Crippen molar-refractivity contribution in [1.82, 2.24) is 0 Å². The Balaban J connectivity index is 2.68. The lowest BCUT2D eigenvalue weighted by Crippen LogP contribution is -2.26. The Morgan fingerprint density at radius 2 is 2.18 bits per heavy atom. The Labute approximate surface area is 66.9 Å². The number of rotatable bonds is 1. The monoisotopic (exact) mass is 154 g/mol. The average Bonchev–Trinajstić information content (AvgIpc) is 1.94. The number of aliphatic hydroxyl groups excluding tert-OH is 1. The van der Waals surface area contributed by atoms with Crippen LogP contribution in [-0.2, 0) is 4.79 Å². The standard InChI is InChI=1S/C9H14O2/c1-6-3-4-8(11)5-9(6)7(2)10/h3-4,6,8-9,11H,5H2,1-2H3/t6-,8+,9+/m1/s1. The third kappa shape index (κ3) is 1.90. The summed E-state index contributed by atoms with van der Waals surface area (Å²) in [5.74, 6) is 0.492. The first-order valence-electron chi connectivity index (χ1n) is 3.98. The van der Waals surface area contributed by atoms with Gasteiger partial charge in [0, 0.05) is 5.92 Å². The third-order valence-electron chi connectivity index (χ3n) is 2.29. The molecule has 0 saturated heterocycles. The molecular formula is C9H14O2. The van der Waals surface area contributed by atoms with E-state index in [1.807, 2.05) is 13.0 Å². The highest BCUT2D eigenvalue weighted by Crippen LogP contribution is 2.24. The van der Waals surface area contributed by atoms with Crippen LogP contribution in [0.15, 0.2) is 12.2 Å².